The maximum Gasteiger partial charge on any atom is 0.312 e. The molecule has 1 heterocycles. The van der Waals surface area contributed by atoms with Crippen molar-refractivity contribution in [2.75, 3.05) is 6.61 Å². The number of hydrogen-bond donors (Lipinski definition) is 1. The number of aryl methyl sites for hydroxylation is 1. The third kappa shape index (κ3) is 5.49. The van der Waals surface area contributed by atoms with Gasteiger partial charge in [-0.25, -0.2) is 4.98 Å². The van der Waals surface area contributed by atoms with E-state index in [4.69, 9.17) is 4.74 Å². The molecule has 2 aromatic rings. The van der Waals surface area contributed by atoms with Gasteiger partial charge >= 0.3 is 5.97 Å². The first-order chi connectivity index (χ1) is 10.9. The SMILES string of the molecule is Cc1ccc(-c2nc(CC(=O)OCC(=O)NC(C)C)cs2)cc1. The van der Waals surface area contributed by atoms with Gasteiger partial charge in [-0.15, -0.1) is 11.3 Å². The Morgan fingerprint density at radius 2 is 1.96 bits per heavy atom. The quantitative estimate of drug-likeness (QED) is 0.826. The number of nitrogens with one attached hydrogen (secondary N) is 1. The van der Waals surface area contributed by atoms with E-state index in [9.17, 15) is 9.59 Å². The largest absolute Gasteiger partial charge is 0.455 e. The lowest BCUT2D eigenvalue weighted by Gasteiger charge is -2.08. The maximum atomic E-state index is 11.8. The number of aromatic nitrogens is 1. The Labute approximate surface area is 139 Å². The van der Waals surface area contributed by atoms with E-state index in [2.05, 4.69) is 10.3 Å². The summed E-state index contributed by atoms with van der Waals surface area (Å²) in [5, 5.41) is 5.37. The first-order valence-electron chi connectivity index (χ1n) is 7.40. The average molecular weight is 332 g/mol. The van der Waals surface area contributed by atoms with Crippen molar-refractivity contribution in [2.24, 2.45) is 0 Å². The van der Waals surface area contributed by atoms with E-state index in [0.717, 1.165) is 10.6 Å². The molecule has 5 nitrogen and oxygen atoms in total. The molecule has 0 aliphatic rings. The van der Waals surface area contributed by atoms with Gasteiger partial charge in [0.25, 0.3) is 5.91 Å². The Morgan fingerprint density at radius 1 is 1.26 bits per heavy atom. The number of rotatable bonds is 6. The summed E-state index contributed by atoms with van der Waals surface area (Å²) in [4.78, 5) is 27.6. The van der Waals surface area contributed by atoms with Crippen molar-refractivity contribution >= 4 is 23.2 Å². The van der Waals surface area contributed by atoms with Crippen molar-refractivity contribution in [3.8, 4) is 10.6 Å². The molecule has 0 atom stereocenters. The second kappa shape index (κ2) is 7.87. The standard InChI is InChI=1S/C17H20N2O3S/c1-11(2)18-15(20)9-22-16(21)8-14-10-23-17(19-14)13-6-4-12(3)5-7-13/h4-7,10-11H,8-9H2,1-3H3,(H,18,20). The summed E-state index contributed by atoms with van der Waals surface area (Å²) in [6.07, 6.45) is 0.0668. The number of thiazole rings is 1. The molecule has 0 radical (unpaired) electrons. The zero-order valence-electron chi connectivity index (χ0n) is 13.5. The van der Waals surface area contributed by atoms with Gasteiger partial charge in [-0.3, -0.25) is 9.59 Å². The Balaban J connectivity index is 1.87. The molecule has 6 heteroatoms. The van der Waals surface area contributed by atoms with Crippen LogP contribution in [0.5, 0.6) is 0 Å². The van der Waals surface area contributed by atoms with Crippen molar-refractivity contribution in [3.05, 3.63) is 40.9 Å². The predicted octanol–water partition coefficient (Wildman–Crippen LogP) is 2.73. The van der Waals surface area contributed by atoms with Gasteiger partial charge in [-0.05, 0) is 20.8 Å². The molecular formula is C17H20N2O3S. The lowest BCUT2D eigenvalue weighted by Crippen LogP contribution is -2.34. The Morgan fingerprint density at radius 3 is 2.61 bits per heavy atom. The van der Waals surface area contributed by atoms with Crippen LogP contribution in [-0.2, 0) is 20.7 Å². The summed E-state index contributed by atoms with van der Waals surface area (Å²) in [6, 6.07) is 8.09. The molecule has 0 aliphatic carbocycles. The first-order valence-corrected chi connectivity index (χ1v) is 8.28. The molecule has 0 bridgehead atoms. The molecule has 1 amide bonds. The lowest BCUT2D eigenvalue weighted by atomic mass is 10.2. The number of carbonyl (C=O) groups is 2. The van der Waals surface area contributed by atoms with Gasteiger partial charge in [0.15, 0.2) is 6.61 Å². The fourth-order valence-corrected chi connectivity index (χ4v) is 2.75. The average Bonchev–Trinajstić information content (AvgIpc) is 2.93. The molecule has 0 fully saturated rings. The number of esters is 1. The highest BCUT2D eigenvalue weighted by Gasteiger charge is 2.12. The monoisotopic (exact) mass is 332 g/mol. The van der Waals surface area contributed by atoms with Crippen LogP contribution in [0.2, 0.25) is 0 Å². The fraction of sp³-hybridized carbons (Fsp3) is 0.353. The Hall–Kier alpha value is -2.21. The minimum Gasteiger partial charge on any atom is -0.455 e. The van der Waals surface area contributed by atoms with Gasteiger partial charge < -0.3 is 10.1 Å². The Bertz CT molecular complexity index is 677. The normalized spacial score (nSPS) is 10.6. The van der Waals surface area contributed by atoms with Crippen LogP contribution >= 0.6 is 11.3 Å². The summed E-state index contributed by atoms with van der Waals surface area (Å²) in [7, 11) is 0. The fourth-order valence-electron chi connectivity index (χ4n) is 1.93. The highest BCUT2D eigenvalue weighted by Crippen LogP contribution is 2.24. The highest BCUT2D eigenvalue weighted by atomic mass is 32.1. The number of hydrogen-bond acceptors (Lipinski definition) is 5. The van der Waals surface area contributed by atoms with Crippen LogP contribution in [0.1, 0.15) is 25.1 Å². The van der Waals surface area contributed by atoms with Gasteiger partial charge in [0, 0.05) is 17.0 Å². The molecule has 0 unspecified atom stereocenters. The maximum absolute atomic E-state index is 11.8. The summed E-state index contributed by atoms with van der Waals surface area (Å²) in [6.45, 7) is 5.47. The number of benzene rings is 1. The van der Waals surface area contributed by atoms with E-state index in [0.29, 0.717) is 5.69 Å². The molecule has 0 aliphatic heterocycles. The second-order valence-corrected chi connectivity index (χ2v) is 6.43. The van der Waals surface area contributed by atoms with Gasteiger partial charge in [-0.2, -0.15) is 0 Å². The summed E-state index contributed by atoms with van der Waals surface area (Å²) in [5.74, 6) is -0.753. The topological polar surface area (TPSA) is 68.3 Å². The van der Waals surface area contributed by atoms with Crippen LogP contribution in [0.3, 0.4) is 0 Å². The predicted molar refractivity (Wildman–Crippen MR) is 90.2 cm³/mol. The first kappa shape index (κ1) is 17.1. The third-order valence-electron chi connectivity index (χ3n) is 2.99. The third-order valence-corrected chi connectivity index (χ3v) is 3.93. The van der Waals surface area contributed by atoms with E-state index >= 15 is 0 Å². The van der Waals surface area contributed by atoms with E-state index in [1.54, 1.807) is 0 Å². The summed E-state index contributed by atoms with van der Waals surface area (Å²) >= 11 is 1.49. The molecule has 1 aromatic carbocycles. The molecule has 2 rings (SSSR count). The molecule has 1 aromatic heterocycles. The van der Waals surface area contributed by atoms with Gasteiger partial charge in [0.1, 0.15) is 5.01 Å². The smallest absolute Gasteiger partial charge is 0.312 e. The number of ether oxygens (including phenoxy) is 1. The van der Waals surface area contributed by atoms with E-state index in [-0.39, 0.29) is 25.0 Å². The molecule has 0 saturated heterocycles. The van der Waals surface area contributed by atoms with Crippen LogP contribution in [0, 0.1) is 6.92 Å². The number of nitrogens with zero attached hydrogens (tertiary/aromatic N) is 1. The van der Waals surface area contributed by atoms with Crippen LogP contribution in [0.15, 0.2) is 29.6 Å². The van der Waals surface area contributed by atoms with Crippen LogP contribution in [0.25, 0.3) is 10.6 Å². The van der Waals surface area contributed by atoms with E-state index < -0.39 is 5.97 Å². The van der Waals surface area contributed by atoms with E-state index in [1.165, 1.54) is 16.9 Å². The molecule has 122 valence electrons. The molecule has 0 spiro atoms. The highest BCUT2D eigenvalue weighted by molar-refractivity contribution is 7.13. The minimum absolute atomic E-state index is 0.0248. The van der Waals surface area contributed by atoms with Crippen LogP contribution in [-0.4, -0.2) is 29.5 Å². The molecule has 23 heavy (non-hydrogen) atoms. The minimum atomic E-state index is -0.454. The lowest BCUT2D eigenvalue weighted by molar-refractivity contribution is -0.148. The van der Waals surface area contributed by atoms with Gasteiger partial charge in [-0.1, -0.05) is 29.8 Å². The molecular weight excluding hydrogens is 312 g/mol. The number of carbonyl (C=O) groups excluding carboxylic acids is 2. The van der Waals surface area contributed by atoms with Crippen LogP contribution < -0.4 is 5.32 Å². The van der Waals surface area contributed by atoms with Crippen molar-refractivity contribution in [3.63, 3.8) is 0 Å². The molecule has 1 N–H and O–H groups in total. The van der Waals surface area contributed by atoms with E-state index in [1.807, 2.05) is 50.4 Å². The summed E-state index contributed by atoms with van der Waals surface area (Å²) in [5.41, 5.74) is 2.87. The summed E-state index contributed by atoms with van der Waals surface area (Å²) < 4.78 is 4.95. The van der Waals surface area contributed by atoms with Crippen LogP contribution in [0.4, 0.5) is 0 Å². The zero-order chi connectivity index (χ0) is 16.8. The zero-order valence-corrected chi connectivity index (χ0v) is 14.3. The Kier molecular flexibility index (Phi) is 5.87. The second-order valence-electron chi connectivity index (χ2n) is 5.57. The van der Waals surface area contributed by atoms with Gasteiger partial charge in [0.2, 0.25) is 0 Å². The van der Waals surface area contributed by atoms with Crippen molar-refractivity contribution in [1.82, 2.24) is 10.3 Å². The van der Waals surface area contributed by atoms with Gasteiger partial charge in [0.05, 0.1) is 12.1 Å². The van der Waals surface area contributed by atoms with Crippen molar-refractivity contribution in [2.45, 2.75) is 33.2 Å². The van der Waals surface area contributed by atoms with Crippen molar-refractivity contribution in [1.29, 1.82) is 0 Å². The molecule has 0 saturated carbocycles. The number of amides is 1. The van der Waals surface area contributed by atoms with Crippen molar-refractivity contribution < 1.29 is 14.3 Å².